The van der Waals surface area contributed by atoms with Gasteiger partial charge in [-0.15, -0.1) is 0 Å². The number of anilines is 3. The van der Waals surface area contributed by atoms with Crippen LogP contribution in [0.25, 0.3) is 0 Å². The van der Waals surface area contributed by atoms with Crippen molar-refractivity contribution >= 4 is 29.1 Å². The van der Waals surface area contributed by atoms with Gasteiger partial charge in [0.25, 0.3) is 0 Å². The molecule has 1 aliphatic rings. The highest BCUT2D eigenvalue weighted by Gasteiger charge is 2.37. The van der Waals surface area contributed by atoms with Gasteiger partial charge in [0.05, 0.1) is 0 Å². The molecule has 2 N–H and O–H groups in total. The Morgan fingerprint density at radius 3 is 0.560 bits per heavy atom. The zero-order valence-corrected chi connectivity index (χ0v) is 88.8. The summed E-state index contributed by atoms with van der Waals surface area (Å²) >= 11 is 0. The zero-order chi connectivity index (χ0) is 95.8. The minimum Gasteiger partial charge on any atom is -1.00 e. The van der Waals surface area contributed by atoms with E-state index < -0.39 is 0 Å². The second kappa shape index (κ2) is 48.1. The number of nitrogens with zero attached hydrogens (tertiary/aromatic N) is 2. The Morgan fingerprint density at radius 1 is 0.224 bits per heavy atom. The van der Waals surface area contributed by atoms with Gasteiger partial charge in [-0.2, -0.15) is 0 Å². The molecule has 0 saturated heterocycles. The van der Waals surface area contributed by atoms with Gasteiger partial charge in [-0.25, -0.2) is 9.48 Å². The number of hydrogen-bond acceptors (Lipinski definition) is 3. The summed E-state index contributed by atoms with van der Waals surface area (Å²) in [6.45, 7) is 68.8. The lowest BCUT2D eigenvalue weighted by Gasteiger charge is -2.28. The molecule has 134 heavy (non-hydrogen) atoms. The average molecular weight is 1810 g/mol. The molecule has 0 aliphatic carbocycles. The van der Waals surface area contributed by atoms with Gasteiger partial charge in [0.2, 0.25) is 6.34 Å². The maximum absolute atomic E-state index is 4.17. The number of aryl methyl sites for hydroxylation is 20. The van der Waals surface area contributed by atoms with E-state index in [1.54, 1.807) is 0 Å². The summed E-state index contributed by atoms with van der Waals surface area (Å²) < 4.78 is 2.66. The van der Waals surface area contributed by atoms with Gasteiger partial charge >= 0.3 is 0 Å². The number of hydrogen-bond donors (Lipinski definition) is 2. The Labute approximate surface area is 820 Å². The summed E-state index contributed by atoms with van der Waals surface area (Å²) in [5.41, 5.74) is 56.1. The summed E-state index contributed by atoms with van der Waals surface area (Å²) in [5, 5.41) is 8.33. The standard InChI is InChI=1S/C65H83N2.C64H84N2.ClH/c1-15-48-29-49(16-2)34-56(33-48)44(11)60-25-42(9)26-61(45(12)57-35-50(17-3)30-51(18-4)36-57)64(60)66-23-24-67(41-66)65-62(46(13)58-37-52(19-5)31-53(20-6)38-58)27-43(10)28-63(65)47(14)59-39-54(21-7)32-55(22-8)40-59;1-15-47-29-48(16-2)34-55(33-47)43(11)59-25-41(9)26-60(44(12)56-35-49(17-3)30-50(18-4)36-56)63(59)65-23-24-66-64-61(45(13)57-37-51(19-5)31-52(20-6)38-57)27-42(10)28-62(64)46(14)58-39-53(21-7)32-54(22-8)40-58;/h25-41,44-47H,15-24H2,1-14H3;25-40,43-46,65-66H,15-24H2,1-14H3;1H/q+1;;/p-1. The average Bonchev–Trinajstić information content (AvgIpc) is 1.48. The zero-order valence-electron chi connectivity index (χ0n) is 88.1. The molecular formula is C129H167ClN4. The third kappa shape index (κ3) is 24.5. The van der Waals surface area contributed by atoms with E-state index in [1.165, 1.54) is 223 Å². The topological polar surface area (TPSA) is 30.3 Å². The molecule has 710 valence electrons. The van der Waals surface area contributed by atoms with E-state index in [0.29, 0.717) is 0 Å². The van der Waals surface area contributed by atoms with Crippen LogP contribution in [0, 0.1) is 27.7 Å². The van der Waals surface area contributed by atoms with Gasteiger partial charge in [0.15, 0.2) is 0 Å². The Hall–Kier alpha value is -10.0. The number of nitrogens with one attached hydrogen (secondary N) is 2. The minimum atomic E-state index is 0. The van der Waals surface area contributed by atoms with Crippen molar-refractivity contribution in [2.75, 3.05) is 41.7 Å². The van der Waals surface area contributed by atoms with Crippen molar-refractivity contribution in [3.63, 3.8) is 0 Å². The van der Waals surface area contributed by atoms with E-state index in [1.807, 2.05) is 0 Å². The summed E-state index contributed by atoms with van der Waals surface area (Å²) in [5.74, 6) is 1.79. The molecule has 0 fully saturated rings. The molecule has 1 aliphatic heterocycles. The van der Waals surface area contributed by atoms with Gasteiger partial charge in [-0.1, -0.05) is 383 Å². The lowest BCUT2D eigenvalue weighted by molar-refractivity contribution is -0.425. The Bertz CT molecular complexity index is 5350. The van der Waals surface area contributed by atoms with Crippen molar-refractivity contribution in [3.8, 4) is 0 Å². The van der Waals surface area contributed by atoms with Crippen molar-refractivity contribution in [1.82, 2.24) is 0 Å². The van der Waals surface area contributed by atoms with Crippen LogP contribution in [0.15, 0.2) is 194 Å². The molecule has 1 heterocycles. The minimum absolute atomic E-state index is 0. The van der Waals surface area contributed by atoms with Gasteiger partial charge in [-0.3, -0.25) is 0 Å². The molecule has 0 saturated carbocycles. The first kappa shape index (κ1) is 104. The lowest BCUT2D eigenvalue weighted by atomic mass is 9.82. The highest BCUT2D eigenvalue weighted by atomic mass is 35.5. The second-order valence-electron chi connectivity index (χ2n) is 39.7. The van der Waals surface area contributed by atoms with Crippen molar-refractivity contribution < 1.29 is 17.0 Å². The highest BCUT2D eigenvalue weighted by Crippen LogP contribution is 2.48. The fourth-order valence-electron chi connectivity index (χ4n) is 21.4. The van der Waals surface area contributed by atoms with Crippen LogP contribution >= 0.6 is 0 Å². The van der Waals surface area contributed by atoms with Crippen molar-refractivity contribution in [2.45, 2.75) is 344 Å². The highest BCUT2D eigenvalue weighted by molar-refractivity contribution is 5.84. The fraction of sp³-hybridized carbons (Fsp3) is 0.434. The lowest BCUT2D eigenvalue weighted by Crippen LogP contribution is -3.00. The largest absolute Gasteiger partial charge is 1.00 e. The van der Waals surface area contributed by atoms with E-state index in [9.17, 15) is 0 Å². The normalized spacial score (nSPS) is 13.9. The molecule has 12 aromatic carbocycles. The van der Waals surface area contributed by atoms with Crippen molar-refractivity contribution in [3.05, 3.63) is 394 Å². The molecule has 8 atom stereocenters. The summed E-state index contributed by atoms with van der Waals surface area (Å²) in [6, 6.07) is 78.8. The van der Waals surface area contributed by atoms with E-state index in [2.05, 4.69) is 414 Å². The third-order valence-electron chi connectivity index (χ3n) is 30.3. The number of benzene rings is 12. The van der Waals surface area contributed by atoms with Crippen LogP contribution in [-0.4, -0.2) is 37.1 Å². The van der Waals surface area contributed by atoms with E-state index >= 15 is 0 Å². The molecule has 12 aromatic rings. The maximum Gasteiger partial charge on any atom is 0.244 e. The van der Waals surface area contributed by atoms with Crippen LogP contribution < -0.4 is 27.9 Å². The summed E-state index contributed by atoms with van der Waals surface area (Å²) in [6.07, 6.45) is 19.2. The quantitative estimate of drug-likeness (QED) is 0.0297. The van der Waals surface area contributed by atoms with Crippen molar-refractivity contribution in [1.29, 1.82) is 0 Å². The van der Waals surface area contributed by atoms with Crippen molar-refractivity contribution in [2.24, 2.45) is 0 Å². The van der Waals surface area contributed by atoms with Crippen LogP contribution in [0.5, 0.6) is 0 Å². The van der Waals surface area contributed by atoms with Crippen LogP contribution in [0.1, 0.15) is 414 Å². The van der Waals surface area contributed by atoms with Gasteiger partial charge in [-0.05, 0) is 286 Å². The smallest absolute Gasteiger partial charge is 0.244 e. The fourth-order valence-corrected chi connectivity index (χ4v) is 21.4. The molecular weight excluding hydrogens is 1640 g/mol. The summed E-state index contributed by atoms with van der Waals surface area (Å²) in [7, 11) is 0. The van der Waals surface area contributed by atoms with Crippen LogP contribution in [0.3, 0.4) is 0 Å². The third-order valence-corrected chi connectivity index (χ3v) is 30.3. The molecule has 13 rings (SSSR count). The Kier molecular flexibility index (Phi) is 37.5. The number of halogens is 1. The first-order valence-corrected chi connectivity index (χ1v) is 52.5. The van der Waals surface area contributed by atoms with Gasteiger partial charge < -0.3 is 23.0 Å². The Morgan fingerprint density at radius 2 is 0.381 bits per heavy atom. The second-order valence-corrected chi connectivity index (χ2v) is 39.7. The first-order chi connectivity index (χ1) is 64.0. The monoisotopic (exact) mass is 1810 g/mol. The molecule has 0 aromatic heterocycles. The van der Waals surface area contributed by atoms with Gasteiger partial charge in [0, 0.05) is 94.1 Å². The molecule has 4 nitrogen and oxygen atoms in total. The predicted molar refractivity (Wildman–Crippen MR) is 582 cm³/mol. The maximum atomic E-state index is 4.17. The molecule has 0 amide bonds. The first-order valence-electron chi connectivity index (χ1n) is 52.5. The molecule has 0 radical (unpaired) electrons. The van der Waals surface area contributed by atoms with Crippen LogP contribution in [-0.2, 0) is 103 Å². The van der Waals surface area contributed by atoms with Crippen LogP contribution in [0.2, 0.25) is 0 Å². The summed E-state index contributed by atoms with van der Waals surface area (Å²) in [4.78, 5) is 2.66. The molecule has 8 unspecified atom stereocenters. The van der Waals surface area contributed by atoms with E-state index in [-0.39, 0.29) is 59.8 Å². The predicted octanol–water partition coefficient (Wildman–Crippen LogP) is 30.5. The van der Waals surface area contributed by atoms with E-state index in [4.69, 9.17) is 0 Å². The Balaban J connectivity index is 0.000000256. The van der Waals surface area contributed by atoms with E-state index in [0.717, 1.165) is 129 Å². The van der Waals surface area contributed by atoms with Crippen LogP contribution in [0.4, 0.5) is 22.7 Å². The molecule has 0 bridgehead atoms. The van der Waals surface area contributed by atoms with Gasteiger partial charge in [0.1, 0.15) is 24.5 Å². The SMILES string of the molecule is CCc1cc(CC)cc(C(C)c2cc(C)cc(C(C)c3cc(CC)cc(CC)c3)c2N2C=[N+](c3c(C(C)c4cc(CC)cc(CC)c4)cc(C)cc3C(C)c3cc(CC)cc(CC)c3)CC2)c1.CCc1cc(CC)cc(C(C)c2cc(C)cc(C(C)c3cc(CC)cc(CC)c3)c2NCCNc2c(C(C)c3cc(CC)cc(CC)c3)cc(C)cc2C(C)c2cc(CC)cc(CC)c2)c1.[Cl-]. The molecule has 0 spiro atoms. The number of rotatable bonds is 39. The molecule has 5 heteroatoms.